The summed E-state index contributed by atoms with van der Waals surface area (Å²) in [5, 5.41) is 0. The van der Waals surface area contributed by atoms with Crippen LogP contribution in [-0.2, 0) is 9.59 Å². The number of hydrogen-bond donors (Lipinski definition) is 0. The zero-order valence-electron chi connectivity index (χ0n) is 18.8. The van der Waals surface area contributed by atoms with Gasteiger partial charge in [-0.15, -0.1) is 0 Å². The number of likely N-dealkylation sites (tertiary alicyclic amines) is 2. The summed E-state index contributed by atoms with van der Waals surface area (Å²) in [6.45, 7) is 8.11. The van der Waals surface area contributed by atoms with Gasteiger partial charge in [-0.3, -0.25) is 19.4 Å². The number of amides is 2. The molecule has 3 fully saturated rings. The Morgan fingerprint density at radius 1 is 0.781 bits per heavy atom. The van der Waals surface area contributed by atoms with E-state index in [0.29, 0.717) is 26.3 Å². The third kappa shape index (κ3) is 4.71. The fourth-order valence-corrected chi connectivity index (χ4v) is 5.32. The Bertz CT molecular complexity index is 833. The van der Waals surface area contributed by atoms with E-state index < -0.39 is 0 Å². The molecule has 4 aliphatic heterocycles. The van der Waals surface area contributed by atoms with Crippen molar-refractivity contribution in [1.29, 1.82) is 0 Å². The maximum absolute atomic E-state index is 13.2. The van der Waals surface area contributed by atoms with Gasteiger partial charge in [0.2, 0.25) is 11.8 Å². The average Bonchev–Trinajstić information content (AvgIpc) is 3.52. The summed E-state index contributed by atoms with van der Waals surface area (Å²) in [7, 11) is 0. The third-order valence-corrected chi connectivity index (χ3v) is 7.17. The van der Waals surface area contributed by atoms with Crippen molar-refractivity contribution < 1.29 is 19.1 Å². The van der Waals surface area contributed by atoms with Crippen molar-refractivity contribution in [2.75, 3.05) is 72.1 Å². The predicted octanol–water partition coefficient (Wildman–Crippen LogP) is 1.36. The molecule has 0 spiro atoms. The largest absolute Gasteiger partial charge is 0.486 e. The minimum absolute atomic E-state index is 0.109. The second-order valence-electron chi connectivity index (χ2n) is 9.29. The predicted molar refractivity (Wildman–Crippen MR) is 120 cm³/mol. The first-order chi connectivity index (χ1) is 15.7. The number of carbonyl (C=O) groups excluding carboxylic acids is 2. The molecule has 0 aliphatic carbocycles. The van der Waals surface area contributed by atoms with E-state index >= 15 is 0 Å². The number of benzene rings is 1. The Kier molecular flexibility index (Phi) is 6.50. The van der Waals surface area contributed by atoms with E-state index in [4.69, 9.17) is 9.47 Å². The molecule has 0 radical (unpaired) electrons. The molecule has 3 saturated heterocycles. The lowest BCUT2D eigenvalue weighted by Crippen LogP contribution is -2.52. The summed E-state index contributed by atoms with van der Waals surface area (Å²) in [6, 6.07) is 6.19. The van der Waals surface area contributed by atoms with Crippen LogP contribution in [0.1, 0.15) is 37.3 Å². The highest BCUT2D eigenvalue weighted by atomic mass is 16.6. The van der Waals surface area contributed by atoms with Gasteiger partial charge in [-0.25, -0.2) is 0 Å². The number of ether oxygens (including phenoxy) is 2. The highest BCUT2D eigenvalue weighted by Crippen LogP contribution is 2.38. The minimum atomic E-state index is 0.109. The van der Waals surface area contributed by atoms with Gasteiger partial charge in [0.25, 0.3) is 0 Å². The fourth-order valence-electron chi connectivity index (χ4n) is 5.32. The van der Waals surface area contributed by atoms with E-state index in [-0.39, 0.29) is 17.9 Å². The Balaban J connectivity index is 1.13. The lowest BCUT2D eigenvalue weighted by molar-refractivity contribution is -0.135. The van der Waals surface area contributed by atoms with E-state index in [9.17, 15) is 9.59 Å². The van der Waals surface area contributed by atoms with Crippen LogP contribution in [0.4, 0.5) is 0 Å². The molecule has 2 amide bonds. The molecule has 0 bridgehead atoms. The summed E-state index contributed by atoms with van der Waals surface area (Å²) in [5.41, 5.74) is 1.13. The Labute approximate surface area is 190 Å². The normalized spacial score (nSPS) is 24.2. The first kappa shape index (κ1) is 21.5. The van der Waals surface area contributed by atoms with Crippen LogP contribution in [0.15, 0.2) is 18.2 Å². The smallest absolute Gasteiger partial charge is 0.237 e. The Morgan fingerprint density at radius 2 is 1.44 bits per heavy atom. The third-order valence-electron chi connectivity index (χ3n) is 7.17. The number of rotatable bonds is 5. The van der Waals surface area contributed by atoms with Crippen LogP contribution in [0, 0.1) is 0 Å². The van der Waals surface area contributed by atoms with Crippen molar-refractivity contribution in [1.82, 2.24) is 19.6 Å². The molecule has 5 rings (SSSR count). The highest BCUT2D eigenvalue weighted by molar-refractivity contribution is 5.79. The summed E-state index contributed by atoms with van der Waals surface area (Å²) in [4.78, 5) is 34.1. The molecular formula is C24H34N4O4. The SMILES string of the molecule is O=C(CN1CCN(CC(=O)N2CCCC2c2ccc3c(c2)OCCO3)CC1)N1CCCC1. The van der Waals surface area contributed by atoms with Gasteiger partial charge in [0.05, 0.1) is 19.1 Å². The van der Waals surface area contributed by atoms with E-state index in [1.54, 1.807) is 0 Å². The lowest BCUT2D eigenvalue weighted by Gasteiger charge is -2.36. The van der Waals surface area contributed by atoms with Gasteiger partial charge in [0.1, 0.15) is 13.2 Å². The number of piperazine rings is 1. The first-order valence-corrected chi connectivity index (χ1v) is 12.1. The molecule has 4 heterocycles. The van der Waals surface area contributed by atoms with Gasteiger partial charge in [0, 0.05) is 45.8 Å². The molecule has 174 valence electrons. The number of nitrogens with zero attached hydrogens (tertiary/aromatic N) is 4. The van der Waals surface area contributed by atoms with Crippen molar-refractivity contribution in [3.05, 3.63) is 23.8 Å². The highest BCUT2D eigenvalue weighted by Gasteiger charge is 2.32. The first-order valence-electron chi connectivity index (χ1n) is 12.1. The van der Waals surface area contributed by atoms with Crippen LogP contribution in [-0.4, -0.2) is 104 Å². The Morgan fingerprint density at radius 3 is 2.16 bits per heavy atom. The van der Waals surface area contributed by atoms with Gasteiger partial charge < -0.3 is 19.3 Å². The van der Waals surface area contributed by atoms with Crippen LogP contribution in [0.25, 0.3) is 0 Å². The van der Waals surface area contributed by atoms with E-state index in [1.165, 1.54) is 0 Å². The summed E-state index contributed by atoms with van der Waals surface area (Å²) in [6.07, 6.45) is 4.27. The maximum atomic E-state index is 13.2. The second-order valence-corrected chi connectivity index (χ2v) is 9.29. The molecule has 4 aliphatic rings. The quantitative estimate of drug-likeness (QED) is 0.686. The van der Waals surface area contributed by atoms with E-state index in [1.807, 2.05) is 21.9 Å². The molecule has 0 saturated carbocycles. The van der Waals surface area contributed by atoms with Gasteiger partial charge in [0.15, 0.2) is 11.5 Å². The van der Waals surface area contributed by atoms with Crippen LogP contribution in [0.2, 0.25) is 0 Å². The zero-order chi connectivity index (χ0) is 21.9. The molecule has 1 atom stereocenters. The van der Waals surface area contributed by atoms with Gasteiger partial charge in [-0.1, -0.05) is 6.07 Å². The molecule has 1 aromatic carbocycles. The van der Waals surface area contributed by atoms with Crippen LogP contribution >= 0.6 is 0 Å². The summed E-state index contributed by atoms with van der Waals surface area (Å²) < 4.78 is 11.4. The average molecular weight is 443 g/mol. The molecule has 1 aromatic rings. The van der Waals surface area contributed by atoms with Crippen molar-refractivity contribution in [3.63, 3.8) is 0 Å². The molecule has 32 heavy (non-hydrogen) atoms. The monoisotopic (exact) mass is 442 g/mol. The van der Waals surface area contributed by atoms with E-state index in [0.717, 1.165) is 88.6 Å². The molecule has 8 heteroatoms. The van der Waals surface area contributed by atoms with Crippen LogP contribution in [0.3, 0.4) is 0 Å². The number of carbonyl (C=O) groups is 2. The summed E-state index contributed by atoms with van der Waals surface area (Å²) in [5.74, 6) is 2.03. The summed E-state index contributed by atoms with van der Waals surface area (Å²) >= 11 is 0. The fraction of sp³-hybridized carbons (Fsp3) is 0.667. The van der Waals surface area contributed by atoms with Gasteiger partial charge >= 0.3 is 0 Å². The lowest BCUT2D eigenvalue weighted by atomic mass is 10.0. The minimum Gasteiger partial charge on any atom is -0.486 e. The molecule has 0 N–H and O–H groups in total. The van der Waals surface area contributed by atoms with Gasteiger partial charge in [-0.2, -0.15) is 0 Å². The Hall–Kier alpha value is -2.32. The molecule has 0 aromatic heterocycles. The van der Waals surface area contributed by atoms with Crippen LogP contribution in [0.5, 0.6) is 11.5 Å². The number of hydrogen-bond acceptors (Lipinski definition) is 6. The zero-order valence-corrected chi connectivity index (χ0v) is 18.8. The van der Waals surface area contributed by atoms with Crippen molar-refractivity contribution in [2.24, 2.45) is 0 Å². The van der Waals surface area contributed by atoms with Crippen molar-refractivity contribution >= 4 is 11.8 Å². The van der Waals surface area contributed by atoms with Crippen molar-refractivity contribution in [2.45, 2.75) is 31.7 Å². The number of fused-ring (bicyclic) bond motifs is 1. The molecule has 8 nitrogen and oxygen atoms in total. The van der Waals surface area contributed by atoms with E-state index in [2.05, 4.69) is 15.9 Å². The standard InChI is InChI=1S/C24H34N4O4/c29-23(27-7-1-2-8-27)17-25-10-12-26(13-11-25)18-24(30)28-9-3-4-20(28)19-5-6-21-22(16-19)32-15-14-31-21/h5-6,16,20H,1-4,7-15,17-18H2. The second kappa shape index (κ2) is 9.67. The molecule has 1 unspecified atom stereocenters. The molecular weight excluding hydrogens is 408 g/mol. The van der Waals surface area contributed by atoms with Crippen LogP contribution < -0.4 is 9.47 Å². The topological polar surface area (TPSA) is 65.6 Å². The van der Waals surface area contributed by atoms with Gasteiger partial charge in [-0.05, 0) is 43.4 Å². The maximum Gasteiger partial charge on any atom is 0.237 e. The van der Waals surface area contributed by atoms with Crippen molar-refractivity contribution in [3.8, 4) is 11.5 Å².